The fourth-order valence-corrected chi connectivity index (χ4v) is 2.74. The first kappa shape index (κ1) is 13.1. The molecule has 1 fully saturated rings. The van der Waals surface area contributed by atoms with Crippen LogP contribution in [0.25, 0.3) is 0 Å². The molecule has 20 heavy (non-hydrogen) atoms. The van der Waals surface area contributed by atoms with Crippen molar-refractivity contribution in [2.24, 2.45) is 7.05 Å². The van der Waals surface area contributed by atoms with E-state index in [0.29, 0.717) is 12.0 Å². The van der Waals surface area contributed by atoms with Gasteiger partial charge in [0.2, 0.25) is 0 Å². The van der Waals surface area contributed by atoms with Gasteiger partial charge in [-0.1, -0.05) is 18.2 Å². The summed E-state index contributed by atoms with van der Waals surface area (Å²) < 4.78 is 7.16. The van der Waals surface area contributed by atoms with Crippen molar-refractivity contribution < 1.29 is 4.74 Å². The lowest BCUT2D eigenvalue weighted by Gasteiger charge is -2.36. The van der Waals surface area contributed by atoms with Crippen LogP contribution in [0.3, 0.4) is 0 Å². The molecule has 1 aromatic carbocycles. The Kier molecular flexibility index (Phi) is 3.69. The maximum Gasteiger partial charge on any atom is 0.164 e. The molecule has 0 amide bonds. The van der Waals surface area contributed by atoms with Crippen LogP contribution in [0.4, 0.5) is 0 Å². The van der Waals surface area contributed by atoms with Crippen LogP contribution in [-0.2, 0) is 13.6 Å². The third-order valence-corrected chi connectivity index (χ3v) is 3.91. The minimum Gasteiger partial charge on any atom is -0.496 e. The lowest BCUT2D eigenvalue weighted by molar-refractivity contribution is 0.280. The summed E-state index contributed by atoms with van der Waals surface area (Å²) in [7, 11) is 3.62. The van der Waals surface area contributed by atoms with Gasteiger partial charge in [-0.3, -0.25) is 4.68 Å². The first-order valence-electron chi connectivity index (χ1n) is 6.97. The highest BCUT2D eigenvalue weighted by Gasteiger charge is 2.31. The Morgan fingerprint density at radius 3 is 2.85 bits per heavy atom. The maximum atomic E-state index is 5.43. The van der Waals surface area contributed by atoms with E-state index in [1.807, 2.05) is 19.2 Å². The van der Waals surface area contributed by atoms with Gasteiger partial charge in [0.15, 0.2) is 5.82 Å². The van der Waals surface area contributed by atoms with Crippen molar-refractivity contribution in [1.82, 2.24) is 20.1 Å². The van der Waals surface area contributed by atoms with Crippen LogP contribution in [0.5, 0.6) is 5.75 Å². The highest BCUT2D eigenvalue weighted by molar-refractivity contribution is 5.37. The smallest absolute Gasteiger partial charge is 0.164 e. The van der Waals surface area contributed by atoms with Gasteiger partial charge in [-0.25, -0.2) is 4.98 Å². The highest BCUT2D eigenvalue weighted by atomic mass is 16.5. The fourth-order valence-electron chi connectivity index (χ4n) is 2.74. The maximum absolute atomic E-state index is 5.43. The Balaban J connectivity index is 1.51. The number of aryl methyl sites for hydroxylation is 1. The van der Waals surface area contributed by atoms with Gasteiger partial charge in [-0.05, 0) is 30.4 Å². The van der Waals surface area contributed by atoms with Crippen molar-refractivity contribution in [3.05, 3.63) is 42.0 Å². The summed E-state index contributed by atoms with van der Waals surface area (Å²) >= 11 is 0. The van der Waals surface area contributed by atoms with E-state index >= 15 is 0 Å². The van der Waals surface area contributed by atoms with Crippen molar-refractivity contribution in [2.75, 3.05) is 7.11 Å². The van der Waals surface area contributed by atoms with Gasteiger partial charge >= 0.3 is 0 Å². The van der Waals surface area contributed by atoms with Crippen LogP contribution in [0, 0.1) is 0 Å². The second-order valence-electron chi connectivity index (χ2n) is 5.32. The number of rotatable bonds is 5. The van der Waals surface area contributed by atoms with E-state index in [0.717, 1.165) is 31.0 Å². The first-order chi connectivity index (χ1) is 9.76. The average molecular weight is 272 g/mol. The van der Waals surface area contributed by atoms with Crippen molar-refractivity contribution in [3.63, 3.8) is 0 Å². The van der Waals surface area contributed by atoms with Gasteiger partial charge in [0.25, 0.3) is 0 Å². The Hall–Kier alpha value is -1.88. The molecule has 1 saturated carbocycles. The molecule has 5 nitrogen and oxygen atoms in total. The van der Waals surface area contributed by atoms with Gasteiger partial charge in [-0.15, -0.1) is 0 Å². The van der Waals surface area contributed by atoms with Gasteiger partial charge in [0.1, 0.15) is 12.1 Å². The number of ether oxygens (including phenoxy) is 1. The third kappa shape index (κ3) is 2.67. The van der Waals surface area contributed by atoms with Crippen molar-refractivity contribution in [3.8, 4) is 5.75 Å². The molecule has 0 unspecified atom stereocenters. The largest absolute Gasteiger partial charge is 0.496 e. The number of para-hydroxylation sites is 1. The Labute approximate surface area is 119 Å². The van der Waals surface area contributed by atoms with Crippen molar-refractivity contribution in [1.29, 1.82) is 0 Å². The topological polar surface area (TPSA) is 52.0 Å². The molecule has 1 aliphatic rings. The minimum atomic E-state index is 0.550. The van der Waals surface area contributed by atoms with Gasteiger partial charge in [0, 0.05) is 13.1 Å². The highest BCUT2D eigenvalue weighted by Crippen LogP contribution is 2.40. The van der Waals surface area contributed by atoms with Crippen LogP contribution in [0.15, 0.2) is 30.6 Å². The van der Waals surface area contributed by atoms with Gasteiger partial charge in [0.05, 0.1) is 13.7 Å². The molecule has 0 spiro atoms. The molecule has 1 aliphatic carbocycles. The molecule has 2 aromatic rings. The summed E-state index contributed by atoms with van der Waals surface area (Å²) in [6.45, 7) is 0.740. The first-order valence-corrected chi connectivity index (χ1v) is 6.97. The normalized spacial score (nSPS) is 21.5. The van der Waals surface area contributed by atoms with Crippen molar-refractivity contribution in [2.45, 2.75) is 31.3 Å². The molecule has 106 valence electrons. The summed E-state index contributed by atoms with van der Waals surface area (Å²) in [5.74, 6) is 2.45. The molecule has 0 saturated heterocycles. The van der Waals surface area contributed by atoms with E-state index in [-0.39, 0.29) is 0 Å². The Morgan fingerprint density at radius 1 is 1.35 bits per heavy atom. The molecule has 1 aromatic heterocycles. The van der Waals surface area contributed by atoms with E-state index in [2.05, 4.69) is 27.5 Å². The number of benzene rings is 1. The van der Waals surface area contributed by atoms with E-state index in [1.54, 1.807) is 18.1 Å². The van der Waals surface area contributed by atoms with Crippen LogP contribution >= 0.6 is 0 Å². The summed E-state index contributed by atoms with van der Waals surface area (Å²) in [6, 6.07) is 8.85. The molecule has 0 aliphatic heterocycles. The lowest BCUT2D eigenvalue weighted by atomic mass is 9.75. The quantitative estimate of drug-likeness (QED) is 0.902. The molecule has 0 atom stereocenters. The predicted molar refractivity (Wildman–Crippen MR) is 76.6 cm³/mol. The zero-order valence-corrected chi connectivity index (χ0v) is 11.9. The zero-order chi connectivity index (χ0) is 13.9. The second-order valence-corrected chi connectivity index (χ2v) is 5.32. The fraction of sp³-hybridized carbons (Fsp3) is 0.467. The minimum absolute atomic E-state index is 0.550. The number of aromatic nitrogens is 3. The molecular formula is C15H20N4O. The van der Waals surface area contributed by atoms with E-state index in [9.17, 15) is 0 Å². The lowest BCUT2D eigenvalue weighted by Crippen LogP contribution is -2.39. The summed E-state index contributed by atoms with van der Waals surface area (Å²) in [5, 5.41) is 7.78. The third-order valence-electron chi connectivity index (χ3n) is 3.91. The SMILES string of the molecule is COc1ccccc1C1CC(NCc2ncn(C)n2)C1. The number of hydrogen-bond acceptors (Lipinski definition) is 4. The Morgan fingerprint density at radius 2 is 2.15 bits per heavy atom. The van der Waals surface area contributed by atoms with Gasteiger partial charge in [-0.2, -0.15) is 5.10 Å². The summed E-state index contributed by atoms with van der Waals surface area (Å²) in [6.07, 6.45) is 4.02. The predicted octanol–water partition coefficient (Wildman–Crippen LogP) is 1.86. The van der Waals surface area contributed by atoms with Crippen molar-refractivity contribution >= 4 is 0 Å². The summed E-state index contributed by atoms with van der Waals surface area (Å²) in [4.78, 5) is 4.22. The molecule has 1 N–H and O–H groups in total. The van der Waals surface area contributed by atoms with Crippen LogP contribution < -0.4 is 10.1 Å². The summed E-state index contributed by atoms with van der Waals surface area (Å²) in [5.41, 5.74) is 1.32. The van der Waals surface area contributed by atoms with Crippen LogP contribution in [0.2, 0.25) is 0 Å². The molecule has 0 radical (unpaired) electrons. The van der Waals surface area contributed by atoms with Crippen LogP contribution in [-0.4, -0.2) is 27.9 Å². The number of nitrogens with zero attached hydrogens (tertiary/aromatic N) is 3. The molecule has 5 heteroatoms. The van der Waals surface area contributed by atoms with E-state index in [4.69, 9.17) is 4.74 Å². The van der Waals surface area contributed by atoms with E-state index < -0.39 is 0 Å². The average Bonchev–Trinajstić information content (AvgIpc) is 2.83. The zero-order valence-electron chi connectivity index (χ0n) is 11.9. The molecular weight excluding hydrogens is 252 g/mol. The molecule has 3 rings (SSSR count). The number of methoxy groups -OCH3 is 1. The van der Waals surface area contributed by atoms with Gasteiger partial charge < -0.3 is 10.1 Å². The molecule has 1 heterocycles. The number of hydrogen-bond donors (Lipinski definition) is 1. The second kappa shape index (κ2) is 5.63. The molecule has 0 bridgehead atoms. The number of nitrogens with one attached hydrogen (secondary N) is 1. The van der Waals surface area contributed by atoms with E-state index in [1.165, 1.54) is 5.56 Å². The standard InChI is InChI=1S/C15H20N4O/c1-19-10-17-15(18-19)9-16-12-7-11(8-12)13-5-3-4-6-14(13)20-2/h3-6,10-12,16H,7-9H2,1-2H3. The monoisotopic (exact) mass is 272 g/mol. The van der Waals surface area contributed by atoms with Crippen LogP contribution in [0.1, 0.15) is 30.1 Å². The Bertz CT molecular complexity index is 575.